The molecule has 3 aromatic rings. The lowest BCUT2D eigenvalue weighted by Gasteiger charge is -2.24. The van der Waals surface area contributed by atoms with Gasteiger partial charge in [0.2, 0.25) is 11.8 Å². The average molecular weight is 520 g/mol. The van der Waals surface area contributed by atoms with Crippen molar-refractivity contribution in [1.29, 1.82) is 5.41 Å². The van der Waals surface area contributed by atoms with Crippen LogP contribution in [0.2, 0.25) is 0 Å². The Morgan fingerprint density at radius 3 is 2.59 bits per heavy atom. The quantitative estimate of drug-likeness (QED) is 0.254. The van der Waals surface area contributed by atoms with Crippen LogP contribution in [0.4, 0.5) is 0 Å². The maximum atomic E-state index is 12.8. The molecule has 4 rings (SSSR count). The molecule has 1 atom stereocenters. The fourth-order valence-corrected chi connectivity index (χ4v) is 4.95. The SMILES string of the molecule is Cc1cc(C(=O)NCC(=O)N2CCC[C@H]2C(=O)NCc2cc(C(=N)N)cs2)ccc1Oc1ccccc1. The topological polar surface area (TPSA) is 138 Å². The molecule has 1 fully saturated rings. The lowest BCUT2D eigenvalue weighted by molar-refractivity contribution is -0.137. The number of nitrogens with one attached hydrogen (secondary N) is 3. The Morgan fingerprint density at radius 1 is 1.11 bits per heavy atom. The zero-order valence-electron chi connectivity index (χ0n) is 20.5. The van der Waals surface area contributed by atoms with Crippen LogP contribution < -0.4 is 21.1 Å². The highest BCUT2D eigenvalue weighted by Crippen LogP contribution is 2.25. The van der Waals surface area contributed by atoms with Crippen molar-refractivity contribution in [3.8, 4) is 11.5 Å². The molecule has 9 nitrogen and oxygen atoms in total. The van der Waals surface area contributed by atoms with E-state index in [2.05, 4.69) is 10.6 Å². The molecule has 0 bridgehead atoms. The number of carbonyl (C=O) groups is 3. The van der Waals surface area contributed by atoms with E-state index in [0.29, 0.717) is 48.6 Å². The van der Waals surface area contributed by atoms with Gasteiger partial charge in [-0.3, -0.25) is 19.8 Å². The summed E-state index contributed by atoms with van der Waals surface area (Å²) in [6.07, 6.45) is 1.28. The third-order valence-electron chi connectivity index (χ3n) is 6.09. The number of nitrogens with two attached hydrogens (primary N) is 1. The zero-order valence-corrected chi connectivity index (χ0v) is 21.3. The molecule has 5 N–H and O–H groups in total. The molecule has 1 aromatic heterocycles. The number of thiophene rings is 1. The van der Waals surface area contributed by atoms with Crippen molar-refractivity contribution < 1.29 is 19.1 Å². The number of amides is 3. The summed E-state index contributed by atoms with van der Waals surface area (Å²) >= 11 is 1.41. The van der Waals surface area contributed by atoms with Crippen LogP contribution in [0.25, 0.3) is 0 Å². The van der Waals surface area contributed by atoms with Crippen LogP contribution in [-0.2, 0) is 16.1 Å². The van der Waals surface area contributed by atoms with E-state index in [0.717, 1.165) is 10.4 Å². The van der Waals surface area contributed by atoms with Crippen LogP contribution in [0.15, 0.2) is 60.0 Å². The summed E-state index contributed by atoms with van der Waals surface area (Å²) in [7, 11) is 0. The monoisotopic (exact) mass is 519 g/mol. The Balaban J connectivity index is 1.29. The third-order valence-corrected chi connectivity index (χ3v) is 7.02. The van der Waals surface area contributed by atoms with Crippen LogP contribution in [0.5, 0.6) is 11.5 Å². The van der Waals surface area contributed by atoms with E-state index in [1.165, 1.54) is 16.2 Å². The van der Waals surface area contributed by atoms with Gasteiger partial charge in [0, 0.05) is 27.9 Å². The van der Waals surface area contributed by atoms with E-state index in [-0.39, 0.29) is 30.1 Å². The van der Waals surface area contributed by atoms with Crippen molar-refractivity contribution >= 4 is 34.9 Å². The molecular formula is C27H29N5O4S. The Morgan fingerprint density at radius 2 is 1.89 bits per heavy atom. The Bertz CT molecular complexity index is 1310. The van der Waals surface area contributed by atoms with Crippen molar-refractivity contribution in [3.05, 3.63) is 81.5 Å². The van der Waals surface area contributed by atoms with Gasteiger partial charge in [0.15, 0.2) is 0 Å². The predicted molar refractivity (Wildman–Crippen MR) is 142 cm³/mol. The van der Waals surface area contributed by atoms with E-state index in [1.54, 1.807) is 29.6 Å². The number of hydrogen-bond acceptors (Lipinski definition) is 6. The average Bonchev–Trinajstić information content (AvgIpc) is 3.58. The summed E-state index contributed by atoms with van der Waals surface area (Å²) in [5.74, 6) is 0.414. The molecule has 0 radical (unpaired) electrons. The highest BCUT2D eigenvalue weighted by atomic mass is 32.1. The molecule has 1 aliphatic heterocycles. The molecule has 3 amide bonds. The molecule has 0 unspecified atom stereocenters. The standard InChI is InChI=1S/C27H29N5O4S/c1-17-12-18(9-10-23(17)36-20-6-3-2-4-7-20)26(34)31-15-24(33)32-11-5-8-22(32)27(35)30-14-21-13-19(16-37-21)25(28)29/h2-4,6-7,9-10,12-13,16,22H,5,8,11,14-15H2,1H3,(H3,28,29)(H,30,35)(H,31,34)/t22-/m0/s1. The Kier molecular flexibility index (Phi) is 8.19. The molecule has 1 saturated heterocycles. The summed E-state index contributed by atoms with van der Waals surface area (Å²) in [5.41, 5.74) is 7.32. The van der Waals surface area contributed by atoms with Gasteiger partial charge in [-0.1, -0.05) is 18.2 Å². The second kappa shape index (κ2) is 11.7. The van der Waals surface area contributed by atoms with Gasteiger partial charge in [-0.05, 0) is 61.7 Å². The van der Waals surface area contributed by atoms with Crippen LogP contribution in [-0.4, -0.2) is 47.6 Å². The summed E-state index contributed by atoms with van der Waals surface area (Å²) in [6.45, 7) is 2.42. The minimum atomic E-state index is -0.576. The number of para-hydroxylation sites is 1. The second-order valence-corrected chi connectivity index (χ2v) is 9.75. The molecule has 10 heteroatoms. The molecule has 0 spiro atoms. The minimum Gasteiger partial charge on any atom is -0.457 e. The van der Waals surface area contributed by atoms with Crippen molar-refractivity contribution in [3.63, 3.8) is 0 Å². The molecule has 2 heterocycles. The number of nitrogen functional groups attached to an aromatic ring is 1. The number of aryl methyl sites for hydroxylation is 1. The first-order valence-corrected chi connectivity index (χ1v) is 12.8. The number of benzene rings is 2. The molecule has 1 aliphatic rings. The Labute approximate surface area is 219 Å². The number of carbonyl (C=O) groups excluding carboxylic acids is 3. The number of nitrogens with zero attached hydrogens (tertiary/aromatic N) is 1. The highest BCUT2D eigenvalue weighted by molar-refractivity contribution is 7.10. The van der Waals surface area contributed by atoms with Gasteiger partial charge in [-0.25, -0.2) is 0 Å². The maximum Gasteiger partial charge on any atom is 0.251 e. The summed E-state index contributed by atoms with van der Waals surface area (Å²) in [6, 6.07) is 15.7. The molecular weight excluding hydrogens is 490 g/mol. The van der Waals surface area contributed by atoms with E-state index >= 15 is 0 Å². The summed E-state index contributed by atoms with van der Waals surface area (Å²) < 4.78 is 5.86. The number of ether oxygens (including phenoxy) is 1. The first kappa shape index (κ1) is 25.9. The number of hydrogen-bond donors (Lipinski definition) is 4. The zero-order chi connectivity index (χ0) is 26.4. The van der Waals surface area contributed by atoms with E-state index in [9.17, 15) is 14.4 Å². The van der Waals surface area contributed by atoms with Crippen molar-refractivity contribution in [2.45, 2.75) is 32.4 Å². The van der Waals surface area contributed by atoms with Gasteiger partial charge in [-0.2, -0.15) is 0 Å². The van der Waals surface area contributed by atoms with Crippen LogP contribution in [0.3, 0.4) is 0 Å². The first-order chi connectivity index (χ1) is 17.8. The normalized spacial score (nSPS) is 14.7. The number of rotatable bonds is 9. The van der Waals surface area contributed by atoms with Crippen LogP contribution >= 0.6 is 11.3 Å². The highest BCUT2D eigenvalue weighted by Gasteiger charge is 2.34. The second-order valence-electron chi connectivity index (χ2n) is 8.76. The molecule has 192 valence electrons. The maximum absolute atomic E-state index is 12.8. The van der Waals surface area contributed by atoms with E-state index in [4.69, 9.17) is 15.9 Å². The smallest absolute Gasteiger partial charge is 0.251 e. The fraction of sp³-hybridized carbons (Fsp3) is 0.259. The molecule has 2 aromatic carbocycles. The molecule has 37 heavy (non-hydrogen) atoms. The minimum absolute atomic E-state index is 0.0185. The van der Waals surface area contributed by atoms with Crippen molar-refractivity contribution in [2.24, 2.45) is 5.73 Å². The van der Waals surface area contributed by atoms with E-state index in [1.807, 2.05) is 37.3 Å². The van der Waals surface area contributed by atoms with Gasteiger partial charge < -0.3 is 26.0 Å². The summed E-state index contributed by atoms with van der Waals surface area (Å²) in [5, 5.41) is 14.8. The predicted octanol–water partition coefficient (Wildman–Crippen LogP) is 3.17. The third kappa shape index (κ3) is 6.53. The summed E-state index contributed by atoms with van der Waals surface area (Å²) in [4.78, 5) is 40.7. The Hall–Kier alpha value is -4.18. The largest absolute Gasteiger partial charge is 0.457 e. The van der Waals surface area contributed by atoms with Gasteiger partial charge in [0.05, 0.1) is 13.1 Å². The van der Waals surface area contributed by atoms with Crippen molar-refractivity contribution in [1.82, 2.24) is 15.5 Å². The lowest BCUT2D eigenvalue weighted by atomic mass is 10.1. The van der Waals surface area contributed by atoms with Gasteiger partial charge in [0.1, 0.15) is 23.4 Å². The van der Waals surface area contributed by atoms with Gasteiger partial charge >= 0.3 is 0 Å². The number of amidine groups is 1. The number of likely N-dealkylation sites (tertiary alicyclic amines) is 1. The lowest BCUT2D eigenvalue weighted by Crippen LogP contribution is -2.48. The van der Waals surface area contributed by atoms with Crippen molar-refractivity contribution in [2.75, 3.05) is 13.1 Å². The molecule has 0 aliphatic carbocycles. The first-order valence-electron chi connectivity index (χ1n) is 11.9. The van der Waals surface area contributed by atoms with Crippen LogP contribution in [0, 0.1) is 12.3 Å². The van der Waals surface area contributed by atoms with Gasteiger partial charge in [0.25, 0.3) is 5.91 Å². The molecule has 0 saturated carbocycles. The fourth-order valence-electron chi connectivity index (χ4n) is 4.12. The van der Waals surface area contributed by atoms with Gasteiger partial charge in [-0.15, -0.1) is 11.3 Å². The van der Waals surface area contributed by atoms with E-state index < -0.39 is 6.04 Å². The van der Waals surface area contributed by atoms with Crippen LogP contribution in [0.1, 0.15) is 39.2 Å².